The molecule has 3 rings (SSSR count). The largest absolute Gasteiger partial charge is 0.497 e. The van der Waals surface area contributed by atoms with Gasteiger partial charge in [0.25, 0.3) is 10.0 Å². The Hall–Kier alpha value is -2.93. The lowest BCUT2D eigenvalue weighted by atomic mass is 10.2. The lowest BCUT2D eigenvalue weighted by Gasteiger charge is -2.24. The molecule has 1 heterocycles. The molecule has 0 saturated carbocycles. The maximum atomic E-state index is 14.9. The molecule has 0 bridgehead atoms. The van der Waals surface area contributed by atoms with Gasteiger partial charge in [0.05, 0.1) is 41.6 Å². The number of methoxy groups -OCH3 is 1. The van der Waals surface area contributed by atoms with Gasteiger partial charge in [0.1, 0.15) is 16.5 Å². The van der Waals surface area contributed by atoms with Crippen molar-refractivity contribution in [2.24, 2.45) is 0 Å². The first-order valence-corrected chi connectivity index (χ1v) is 11.8. The molecule has 0 unspecified atom stereocenters. The highest BCUT2D eigenvalue weighted by Crippen LogP contribution is 2.36. The smallest absolute Gasteiger partial charge is 0.267 e. The van der Waals surface area contributed by atoms with E-state index >= 15 is 0 Å². The first kappa shape index (κ1) is 28.3. The molecule has 0 aliphatic carbocycles. The van der Waals surface area contributed by atoms with E-state index in [9.17, 15) is 17.2 Å². The van der Waals surface area contributed by atoms with Crippen molar-refractivity contribution >= 4 is 57.0 Å². The fraction of sp³-hybridized carbons (Fsp3) is 0.238. The third kappa shape index (κ3) is 7.04. The summed E-state index contributed by atoms with van der Waals surface area (Å²) in [5, 5.41) is 6.08. The van der Waals surface area contributed by atoms with E-state index in [1.54, 1.807) is 19.2 Å². The van der Waals surface area contributed by atoms with Gasteiger partial charge in [0, 0.05) is 32.3 Å². The van der Waals surface area contributed by atoms with E-state index in [4.69, 9.17) is 16.3 Å². The number of benzene rings is 2. The lowest BCUT2D eigenvalue weighted by molar-refractivity contribution is 0.415. The monoisotopic (exact) mass is 548 g/mol. The van der Waals surface area contributed by atoms with E-state index < -0.39 is 32.5 Å². The first-order chi connectivity index (χ1) is 16.1. The number of ether oxygens (including phenoxy) is 1. The van der Waals surface area contributed by atoms with Crippen LogP contribution in [0.1, 0.15) is 0 Å². The summed E-state index contributed by atoms with van der Waals surface area (Å²) in [4.78, 5) is 8.28. The minimum atomic E-state index is -4.43. The Morgan fingerprint density at radius 3 is 2.43 bits per heavy atom. The molecule has 0 aliphatic heterocycles. The molecule has 0 amide bonds. The van der Waals surface area contributed by atoms with Crippen LogP contribution in [0, 0.1) is 11.6 Å². The molecule has 35 heavy (non-hydrogen) atoms. The summed E-state index contributed by atoms with van der Waals surface area (Å²) in [5.41, 5.74) is 1.52. The average molecular weight is 549 g/mol. The van der Waals surface area contributed by atoms with Gasteiger partial charge in [-0.3, -0.25) is 0 Å². The highest BCUT2D eigenvalue weighted by atomic mass is 35.5. The van der Waals surface area contributed by atoms with Crippen molar-refractivity contribution in [3.63, 3.8) is 0 Å². The number of aromatic nitrogens is 2. The molecule has 190 valence electrons. The summed E-state index contributed by atoms with van der Waals surface area (Å²) in [6.45, 7) is 1.40. The quantitative estimate of drug-likeness (QED) is 0.348. The van der Waals surface area contributed by atoms with Gasteiger partial charge in [-0.25, -0.2) is 31.9 Å². The lowest BCUT2D eigenvalue weighted by Crippen LogP contribution is -2.27. The topological polar surface area (TPSA) is 108 Å². The van der Waals surface area contributed by atoms with Gasteiger partial charge in [-0.1, -0.05) is 11.6 Å². The van der Waals surface area contributed by atoms with E-state index in [2.05, 4.69) is 20.6 Å². The molecule has 1 aromatic heterocycles. The van der Waals surface area contributed by atoms with Gasteiger partial charge >= 0.3 is 0 Å². The molecule has 9 nitrogen and oxygen atoms in total. The van der Waals surface area contributed by atoms with Gasteiger partial charge in [0.15, 0.2) is 5.82 Å². The van der Waals surface area contributed by atoms with Crippen LogP contribution in [-0.4, -0.2) is 52.7 Å². The van der Waals surface area contributed by atoms with Crippen LogP contribution in [0.2, 0.25) is 5.02 Å². The number of rotatable bonds is 10. The van der Waals surface area contributed by atoms with Crippen molar-refractivity contribution in [2.75, 3.05) is 49.2 Å². The fourth-order valence-electron chi connectivity index (χ4n) is 2.98. The zero-order valence-corrected chi connectivity index (χ0v) is 21.4. The van der Waals surface area contributed by atoms with Crippen molar-refractivity contribution in [1.82, 2.24) is 15.3 Å². The number of hydrogen-bond acceptors (Lipinski definition) is 8. The molecule has 0 spiro atoms. The van der Waals surface area contributed by atoms with Crippen LogP contribution in [0.25, 0.3) is 0 Å². The van der Waals surface area contributed by atoms with Crippen molar-refractivity contribution < 1.29 is 21.9 Å². The highest BCUT2D eigenvalue weighted by Gasteiger charge is 2.23. The number of nitrogens with one attached hydrogen (secondary N) is 3. The minimum Gasteiger partial charge on any atom is -0.497 e. The number of sulfonamides is 1. The third-order valence-electron chi connectivity index (χ3n) is 4.74. The third-order valence-corrected chi connectivity index (χ3v) is 6.40. The van der Waals surface area contributed by atoms with Gasteiger partial charge in [-0.15, -0.1) is 12.4 Å². The molecule has 3 aromatic rings. The van der Waals surface area contributed by atoms with Crippen molar-refractivity contribution in [2.45, 2.75) is 4.90 Å². The van der Waals surface area contributed by atoms with E-state index in [1.807, 2.05) is 29.8 Å². The number of likely N-dealkylation sites (N-methyl/N-ethyl adjacent to an activating group) is 2. The first-order valence-electron chi connectivity index (χ1n) is 9.95. The summed E-state index contributed by atoms with van der Waals surface area (Å²) in [7, 11) is 0.854. The van der Waals surface area contributed by atoms with Crippen molar-refractivity contribution in [3.05, 3.63) is 59.4 Å². The molecule has 0 radical (unpaired) electrons. The molecule has 14 heteroatoms. The van der Waals surface area contributed by atoms with E-state index in [0.29, 0.717) is 18.0 Å². The van der Waals surface area contributed by atoms with Crippen LogP contribution < -0.4 is 25.0 Å². The molecule has 0 aliphatic rings. The summed E-state index contributed by atoms with van der Waals surface area (Å²) < 4.78 is 60.4. The SMILES string of the molecule is CNCCN(C)c1cc(OC)ccc1Nc1cc(F)c(S(=O)(=O)Nc2ncc(F)cn2)cc1Cl.Cl. The number of anilines is 4. The average Bonchev–Trinajstić information content (AvgIpc) is 2.81. The predicted molar refractivity (Wildman–Crippen MR) is 135 cm³/mol. The normalized spacial score (nSPS) is 10.9. The van der Waals surface area contributed by atoms with Crippen LogP contribution in [-0.2, 0) is 10.0 Å². The van der Waals surface area contributed by atoms with E-state index in [0.717, 1.165) is 36.8 Å². The molecular formula is C21H24Cl2F2N6O3S. The summed E-state index contributed by atoms with van der Waals surface area (Å²) in [6, 6.07) is 7.24. The summed E-state index contributed by atoms with van der Waals surface area (Å²) in [6.07, 6.45) is 1.56. The molecule has 2 aromatic carbocycles. The molecule has 0 fully saturated rings. The number of halogens is 4. The highest BCUT2D eigenvalue weighted by molar-refractivity contribution is 7.92. The maximum absolute atomic E-state index is 14.9. The van der Waals surface area contributed by atoms with E-state index in [-0.39, 0.29) is 23.1 Å². The predicted octanol–water partition coefficient (Wildman–Crippen LogP) is 4.04. The van der Waals surface area contributed by atoms with Crippen LogP contribution in [0.3, 0.4) is 0 Å². The Morgan fingerprint density at radius 1 is 1.11 bits per heavy atom. The zero-order valence-electron chi connectivity index (χ0n) is 19.0. The fourth-order valence-corrected chi connectivity index (χ4v) is 4.30. The molecule has 3 N–H and O–H groups in total. The molecule has 0 saturated heterocycles. The zero-order chi connectivity index (χ0) is 24.9. The Balaban J connectivity index is 0.00000432. The standard InChI is InChI=1S/C21H23ClF2N6O3S.ClH/c1-25-6-7-30(2)19-8-14(33-3)4-5-17(19)28-18-10-16(24)20(9-15(18)22)34(31,32)29-21-26-11-13(23)12-27-21;/h4-5,8-12,25,28H,6-7H2,1-3H3,(H,26,27,29);1H. The van der Waals surface area contributed by atoms with Gasteiger partial charge in [0.2, 0.25) is 5.95 Å². The second-order valence-electron chi connectivity index (χ2n) is 7.13. The second kappa shape index (κ2) is 12.2. The summed E-state index contributed by atoms with van der Waals surface area (Å²) >= 11 is 6.30. The van der Waals surface area contributed by atoms with Crippen molar-refractivity contribution in [3.8, 4) is 5.75 Å². The van der Waals surface area contributed by atoms with Crippen molar-refractivity contribution in [1.29, 1.82) is 0 Å². The Bertz CT molecular complexity index is 1270. The van der Waals surface area contributed by atoms with E-state index in [1.165, 1.54) is 0 Å². The number of nitrogens with zero attached hydrogens (tertiary/aromatic N) is 3. The van der Waals surface area contributed by atoms with Crippen LogP contribution in [0.5, 0.6) is 5.75 Å². The second-order valence-corrected chi connectivity index (χ2v) is 9.18. The van der Waals surface area contributed by atoms with Crippen LogP contribution in [0.15, 0.2) is 47.6 Å². The maximum Gasteiger partial charge on any atom is 0.267 e. The van der Waals surface area contributed by atoms with Gasteiger partial charge in [-0.05, 0) is 25.2 Å². The molecular weight excluding hydrogens is 525 g/mol. The van der Waals surface area contributed by atoms with Crippen LogP contribution in [0.4, 0.5) is 31.8 Å². The Morgan fingerprint density at radius 2 is 1.80 bits per heavy atom. The summed E-state index contributed by atoms with van der Waals surface area (Å²) in [5.74, 6) is -1.58. The molecule has 0 atom stereocenters. The van der Waals surface area contributed by atoms with Gasteiger partial charge in [-0.2, -0.15) is 0 Å². The number of hydrogen-bond donors (Lipinski definition) is 3. The Kier molecular flexibility index (Phi) is 9.83. The Labute approximate surface area is 213 Å². The van der Waals surface area contributed by atoms with Crippen LogP contribution >= 0.6 is 24.0 Å². The van der Waals surface area contributed by atoms with Gasteiger partial charge < -0.3 is 20.3 Å². The minimum absolute atomic E-state index is 0.